The van der Waals surface area contributed by atoms with E-state index >= 15 is 0 Å². The lowest BCUT2D eigenvalue weighted by atomic mass is 10.2. The molecule has 2 heteroatoms. The van der Waals surface area contributed by atoms with Crippen LogP contribution in [0.15, 0.2) is 24.3 Å². The molecule has 1 aromatic carbocycles. The maximum Gasteiger partial charge on any atom is 0.137 e. The van der Waals surface area contributed by atoms with Crippen LogP contribution in [0.2, 0.25) is 0 Å². The molecule has 1 rings (SSSR count). The van der Waals surface area contributed by atoms with Crippen LogP contribution in [0.3, 0.4) is 0 Å². The first kappa shape index (κ1) is 7.76. The summed E-state index contributed by atoms with van der Waals surface area (Å²) in [4.78, 5) is 0. The summed E-state index contributed by atoms with van der Waals surface area (Å²) in [5.74, 6) is 0. The number of ether oxygens (including phenoxy) is 1. The molecule has 0 aliphatic heterocycles. The summed E-state index contributed by atoms with van der Waals surface area (Å²) in [6.07, 6.45) is 0. The van der Waals surface area contributed by atoms with E-state index in [1.54, 1.807) is 7.11 Å². The Kier molecular flexibility index (Phi) is 2.90. The smallest absolute Gasteiger partial charge is 0.137 e. The van der Waals surface area contributed by atoms with Gasteiger partial charge in [-0.3, -0.25) is 0 Å². The summed E-state index contributed by atoms with van der Waals surface area (Å²) in [5.41, 5.74) is 1.02. The fraction of sp³-hybridized carbons (Fsp3) is 0.250. The summed E-state index contributed by atoms with van der Waals surface area (Å²) in [6.45, 7) is 0. The van der Waals surface area contributed by atoms with E-state index in [0.29, 0.717) is 0 Å². The van der Waals surface area contributed by atoms with Gasteiger partial charge < -0.3 is 4.74 Å². The predicted octanol–water partition coefficient (Wildman–Crippen LogP) is 2.53. The molecule has 0 amide bonds. The monoisotopic (exact) mass is 199 g/mol. The van der Waals surface area contributed by atoms with Crippen molar-refractivity contribution in [2.45, 2.75) is 5.01 Å². The largest absolute Gasteiger partial charge is 0.365 e. The topological polar surface area (TPSA) is 9.23 Å². The lowest BCUT2D eigenvalue weighted by Gasteiger charge is -2.05. The van der Waals surface area contributed by atoms with Gasteiger partial charge in [0.15, 0.2) is 0 Å². The highest BCUT2D eigenvalue weighted by atomic mass is 79.9. The van der Waals surface area contributed by atoms with Crippen molar-refractivity contribution >= 4 is 15.9 Å². The number of rotatable bonds is 2. The van der Waals surface area contributed by atoms with Gasteiger partial charge in [0, 0.05) is 7.11 Å². The van der Waals surface area contributed by atoms with E-state index in [1.807, 2.05) is 24.3 Å². The number of hydrogen-bond donors (Lipinski definition) is 0. The Hall–Kier alpha value is -0.340. The SMILES string of the molecule is CO[C@@H](Br)c1[c]cccc1. The van der Waals surface area contributed by atoms with Crippen molar-refractivity contribution in [3.05, 3.63) is 35.9 Å². The van der Waals surface area contributed by atoms with Crippen molar-refractivity contribution in [2.75, 3.05) is 7.11 Å². The average Bonchev–Trinajstić information content (AvgIpc) is 2.05. The van der Waals surface area contributed by atoms with Crippen molar-refractivity contribution in [3.63, 3.8) is 0 Å². The Balaban J connectivity index is 2.75. The minimum absolute atomic E-state index is 0.0336. The summed E-state index contributed by atoms with van der Waals surface area (Å²) >= 11 is 3.33. The molecule has 0 saturated carbocycles. The van der Waals surface area contributed by atoms with E-state index in [9.17, 15) is 0 Å². The van der Waals surface area contributed by atoms with Crippen LogP contribution in [0.1, 0.15) is 10.6 Å². The molecule has 1 nitrogen and oxygen atoms in total. The van der Waals surface area contributed by atoms with Crippen LogP contribution in [-0.2, 0) is 4.74 Å². The molecule has 0 N–H and O–H groups in total. The third kappa shape index (κ3) is 1.82. The third-order valence-corrected chi connectivity index (χ3v) is 2.05. The summed E-state index contributed by atoms with van der Waals surface area (Å²) < 4.78 is 5.02. The number of hydrogen-bond acceptors (Lipinski definition) is 1. The second kappa shape index (κ2) is 3.74. The van der Waals surface area contributed by atoms with Gasteiger partial charge in [-0.1, -0.05) is 40.2 Å². The molecule has 0 aliphatic carbocycles. The van der Waals surface area contributed by atoms with Gasteiger partial charge in [0.2, 0.25) is 0 Å². The lowest BCUT2D eigenvalue weighted by molar-refractivity contribution is 0.181. The number of alkyl halides is 1. The normalized spacial score (nSPS) is 13.0. The van der Waals surface area contributed by atoms with Crippen LogP contribution in [-0.4, -0.2) is 7.11 Å². The zero-order valence-corrected chi connectivity index (χ0v) is 7.26. The molecule has 1 atom stereocenters. The quantitative estimate of drug-likeness (QED) is 0.666. The highest BCUT2D eigenvalue weighted by molar-refractivity contribution is 9.09. The molecule has 0 heterocycles. The van der Waals surface area contributed by atoms with E-state index in [-0.39, 0.29) is 5.01 Å². The highest BCUT2D eigenvalue weighted by Gasteiger charge is 2.02. The van der Waals surface area contributed by atoms with Gasteiger partial charge in [-0.05, 0) is 11.6 Å². The molecule has 10 heavy (non-hydrogen) atoms. The van der Waals surface area contributed by atoms with Crippen LogP contribution < -0.4 is 0 Å². The van der Waals surface area contributed by atoms with E-state index in [0.717, 1.165) is 5.56 Å². The molecule has 53 valence electrons. The first-order valence-electron chi connectivity index (χ1n) is 2.98. The van der Waals surface area contributed by atoms with Gasteiger partial charge >= 0.3 is 0 Å². The molecule has 0 unspecified atom stereocenters. The number of methoxy groups -OCH3 is 1. The van der Waals surface area contributed by atoms with Crippen LogP contribution in [0.4, 0.5) is 0 Å². The van der Waals surface area contributed by atoms with Gasteiger partial charge in [0.05, 0.1) is 0 Å². The molecule has 0 fully saturated rings. The average molecular weight is 200 g/mol. The molecule has 1 radical (unpaired) electrons. The molecule has 0 bridgehead atoms. The Labute approximate surface area is 69.1 Å². The molecule has 0 aliphatic rings. The van der Waals surface area contributed by atoms with E-state index < -0.39 is 0 Å². The van der Waals surface area contributed by atoms with Crippen LogP contribution in [0.25, 0.3) is 0 Å². The van der Waals surface area contributed by atoms with E-state index in [2.05, 4.69) is 22.0 Å². The lowest BCUT2D eigenvalue weighted by Crippen LogP contribution is -1.90. The molecular weight excluding hydrogens is 192 g/mol. The van der Waals surface area contributed by atoms with Crippen LogP contribution in [0.5, 0.6) is 0 Å². The van der Waals surface area contributed by atoms with Crippen molar-refractivity contribution in [1.29, 1.82) is 0 Å². The standard InChI is InChI=1S/C8H8BrO/c1-10-8(9)7-5-3-2-4-6-7/h2-5,8H,1H3/t8-/m1/s1. The Morgan fingerprint density at radius 2 is 2.40 bits per heavy atom. The van der Waals surface area contributed by atoms with Crippen molar-refractivity contribution in [2.24, 2.45) is 0 Å². The third-order valence-electron chi connectivity index (χ3n) is 1.18. The van der Waals surface area contributed by atoms with Gasteiger partial charge in [0.25, 0.3) is 0 Å². The number of halogens is 1. The Morgan fingerprint density at radius 1 is 1.60 bits per heavy atom. The van der Waals surface area contributed by atoms with E-state index in [4.69, 9.17) is 4.74 Å². The summed E-state index contributed by atoms with van der Waals surface area (Å²) in [6, 6.07) is 10.8. The molecule has 0 saturated heterocycles. The fourth-order valence-corrected chi connectivity index (χ4v) is 0.960. The maximum absolute atomic E-state index is 5.02. The van der Waals surface area contributed by atoms with Crippen molar-refractivity contribution in [3.8, 4) is 0 Å². The molecular formula is C8H8BrO. The van der Waals surface area contributed by atoms with Crippen molar-refractivity contribution in [1.82, 2.24) is 0 Å². The molecule has 0 spiro atoms. The van der Waals surface area contributed by atoms with Crippen LogP contribution >= 0.6 is 15.9 Å². The maximum atomic E-state index is 5.02. The van der Waals surface area contributed by atoms with E-state index in [1.165, 1.54) is 0 Å². The first-order valence-corrected chi connectivity index (χ1v) is 3.89. The highest BCUT2D eigenvalue weighted by Crippen LogP contribution is 2.21. The fourth-order valence-electron chi connectivity index (χ4n) is 0.675. The summed E-state index contributed by atoms with van der Waals surface area (Å²) in [5, 5.41) is -0.0336. The second-order valence-corrected chi connectivity index (χ2v) is 2.70. The molecule has 0 aromatic heterocycles. The molecule has 1 aromatic rings. The van der Waals surface area contributed by atoms with Crippen molar-refractivity contribution < 1.29 is 4.74 Å². The van der Waals surface area contributed by atoms with Gasteiger partial charge in [-0.15, -0.1) is 0 Å². The van der Waals surface area contributed by atoms with Gasteiger partial charge in [-0.25, -0.2) is 0 Å². The summed E-state index contributed by atoms with van der Waals surface area (Å²) in [7, 11) is 1.65. The second-order valence-electron chi connectivity index (χ2n) is 1.87. The zero-order chi connectivity index (χ0) is 7.40. The zero-order valence-electron chi connectivity index (χ0n) is 5.67. The van der Waals surface area contributed by atoms with Gasteiger partial charge in [-0.2, -0.15) is 0 Å². The minimum atomic E-state index is -0.0336. The van der Waals surface area contributed by atoms with Gasteiger partial charge in [0.1, 0.15) is 5.01 Å². The minimum Gasteiger partial charge on any atom is -0.365 e. The first-order chi connectivity index (χ1) is 4.84. The number of benzene rings is 1. The Bertz CT molecular complexity index is 186. The Morgan fingerprint density at radius 3 is 2.90 bits per heavy atom. The van der Waals surface area contributed by atoms with Crippen LogP contribution in [0, 0.1) is 6.07 Å². The predicted molar refractivity (Wildman–Crippen MR) is 44.0 cm³/mol.